The van der Waals surface area contributed by atoms with E-state index in [9.17, 15) is 9.59 Å². The van der Waals surface area contributed by atoms with E-state index in [2.05, 4.69) is 4.98 Å². The Bertz CT molecular complexity index is 488. The number of aromatic nitrogens is 1. The lowest BCUT2D eigenvalue weighted by Crippen LogP contribution is -2.36. The standard InChI is InChI=1S/C14H21N3O3/c1-5-17(9-10(2)14(19)20)13(18)11-6-7-15-12(8-11)16(3)4/h6-8,10H,5,9H2,1-4H3,(H,19,20). The number of carbonyl (C=O) groups is 2. The van der Waals surface area contributed by atoms with Crippen LogP contribution in [0.4, 0.5) is 5.82 Å². The molecule has 1 amide bonds. The topological polar surface area (TPSA) is 73.7 Å². The number of amides is 1. The summed E-state index contributed by atoms with van der Waals surface area (Å²) in [6.45, 7) is 4.09. The van der Waals surface area contributed by atoms with Crippen molar-refractivity contribution < 1.29 is 14.7 Å². The van der Waals surface area contributed by atoms with Crippen LogP contribution in [0.15, 0.2) is 18.3 Å². The maximum absolute atomic E-state index is 12.4. The van der Waals surface area contributed by atoms with Crippen LogP contribution in [0.25, 0.3) is 0 Å². The summed E-state index contributed by atoms with van der Waals surface area (Å²) in [5.74, 6) is -0.974. The number of anilines is 1. The molecule has 1 N–H and O–H groups in total. The molecule has 1 heterocycles. The number of carboxylic acids is 1. The maximum Gasteiger partial charge on any atom is 0.308 e. The van der Waals surface area contributed by atoms with Crippen molar-refractivity contribution in [2.45, 2.75) is 13.8 Å². The maximum atomic E-state index is 12.4. The van der Waals surface area contributed by atoms with Gasteiger partial charge in [0.2, 0.25) is 0 Å². The molecule has 1 rings (SSSR count). The van der Waals surface area contributed by atoms with Gasteiger partial charge in [0.05, 0.1) is 5.92 Å². The quantitative estimate of drug-likeness (QED) is 0.850. The molecule has 0 aliphatic heterocycles. The Balaban J connectivity index is 2.91. The molecule has 0 fully saturated rings. The van der Waals surface area contributed by atoms with Gasteiger partial charge in [-0.05, 0) is 19.1 Å². The van der Waals surface area contributed by atoms with Gasteiger partial charge in [-0.25, -0.2) is 4.98 Å². The van der Waals surface area contributed by atoms with Crippen LogP contribution in [0, 0.1) is 5.92 Å². The molecule has 1 aromatic rings. The average molecular weight is 279 g/mol. The molecule has 1 aromatic heterocycles. The molecule has 0 bridgehead atoms. The van der Waals surface area contributed by atoms with Crippen molar-refractivity contribution in [3.8, 4) is 0 Å². The Kier molecular flexibility index (Phi) is 5.49. The molecule has 0 aromatic carbocycles. The van der Waals surface area contributed by atoms with Gasteiger partial charge in [-0.2, -0.15) is 0 Å². The molecular formula is C14H21N3O3. The Hall–Kier alpha value is -2.11. The van der Waals surface area contributed by atoms with E-state index in [0.29, 0.717) is 17.9 Å². The summed E-state index contributed by atoms with van der Waals surface area (Å²) >= 11 is 0. The normalized spacial score (nSPS) is 11.8. The molecule has 0 saturated heterocycles. The van der Waals surface area contributed by atoms with Crippen LogP contribution in [0.2, 0.25) is 0 Å². The molecule has 110 valence electrons. The van der Waals surface area contributed by atoms with E-state index in [0.717, 1.165) is 0 Å². The third-order valence-electron chi connectivity index (χ3n) is 3.04. The highest BCUT2D eigenvalue weighted by atomic mass is 16.4. The lowest BCUT2D eigenvalue weighted by molar-refractivity contribution is -0.141. The van der Waals surface area contributed by atoms with E-state index < -0.39 is 11.9 Å². The van der Waals surface area contributed by atoms with Crippen LogP contribution >= 0.6 is 0 Å². The minimum Gasteiger partial charge on any atom is -0.481 e. The third kappa shape index (κ3) is 3.94. The van der Waals surface area contributed by atoms with Gasteiger partial charge in [0.25, 0.3) is 5.91 Å². The number of carboxylic acid groups (broad SMARTS) is 1. The van der Waals surface area contributed by atoms with Gasteiger partial charge in [0.15, 0.2) is 0 Å². The van der Waals surface area contributed by atoms with E-state index >= 15 is 0 Å². The molecule has 0 radical (unpaired) electrons. The van der Waals surface area contributed by atoms with Crippen molar-refractivity contribution in [1.82, 2.24) is 9.88 Å². The van der Waals surface area contributed by atoms with Gasteiger partial charge in [-0.3, -0.25) is 9.59 Å². The van der Waals surface area contributed by atoms with Crippen molar-refractivity contribution in [2.75, 3.05) is 32.1 Å². The molecule has 0 spiro atoms. The highest BCUT2D eigenvalue weighted by Gasteiger charge is 2.20. The number of pyridine rings is 1. The first kappa shape index (κ1) is 15.9. The van der Waals surface area contributed by atoms with E-state index in [1.54, 1.807) is 25.3 Å². The molecule has 1 atom stereocenters. The van der Waals surface area contributed by atoms with E-state index in [1.165, 1.54) is 4.90 Å². The number of hydrogen-bond acceptors (Lipinski definition) is 4. The minimum absolute atomic E-state index is 0.175. The summed E-state index contributed by atoms with van der Waals surface area (Å²) in [5, 5.41) is 8.94. The molecule has 0 saturated carbocycles. The number of carbonyl (C=O) groups excluding carboxylic acids is 1. The second kappa shape index (κ2) is 6.88. The summed E-state index contributed by atoms with van der Waals surface area (Å²) < 4.78 is 0. The van der Waals surface area contributed by atoms with Crippen molar-refractivity contribution in [2.24, 2.45) is 5.92 Å². The zero-order chi connectivity index (χ0) is 15.3. The van der Waals surface area contributed by atoms with Gasteiger partial charge in [-0.1, -0.05) is 6.92 Å². The monoisotopic (exact) mass is 279 g/mol. The molecule has 1 unspecified atom stereocenters. The summed E-state index contributed by atoms with van der Waals surface area (Å²) in [4.78, 5) is 30.8. The van der Waals surface area contributed by atoms with Gasteiger partial charge in [-0.15, -0.1) is 0 Å². The Morgan fingerprint density at radius 1 is 1.40 bits per heavy atom. The summed E-state index contributed by atoms with van der Waals surface area (Å²) in [5.41, 5.74) is 0.517. The number of rotatable bonds is 6. The van der Waals surface area contributed by atoms with E-state index in [-0.39, 0.29) is 12.5 Å². The van der Waals surface area contributed by atoms with E-state index in [1.807, 2.05) is 25.9 Å². The van der Waals surface area contributed by atoms with Crippen LogP contribution in [0.3, 0.4) is 0 Å². The molecule has 0 aliphatic rings. The van der Waals surface area contributed by atoms with Crippen LogP contribution < -0.4 is 4.90 Å². The van der Waals surface area contributed by atoms with Gasteiger partial charge < -0.3 is 14.9 Å². The molecule has 6 heteroatoms. The first-order valence-corrected chi connectivity index (χ1v) is 6.52. The Labute approximate surface area is 119 Å². The predicted octanol–water partition coefficient (Wildman–Crippen LogP) is 1.33. The average Bonchev–Trinajstić information content (AvgIpc) is 2.43. The van der Waals surface area contributed by atoms with Gasteiger partial charge >= 0.3 is 5.97 Å². The molecule has 0 aliphatic carbocycles. The first-order chi connectivity index (χ1) is 9.36. The van der Waals surface area contributed by atoms with Crippen molar-refractivity contribution >= 4 is 17.7 Å². The zero-order valence-corrected chi connectivity index (χ0v) is 12.3. The molecule has 6 nitrogen and oxygen atoms in total. The fraction of sp³-hybridized carbons (Fsp3) is 0.500. The highest BCUT2D eigenvalue weighted by Crippen LogP contribution is 2.13. The lowest BCUT2D eigenvalue weighted by Gasteiger charge is -2.23. The number of aliphatic carboxylic acids is 1. The van der Waals surface area contributed by atoms with Crippen LogP contribution in [-0.4, -0.2) is 54.1 Å². The van der Waals surface area contributed by atoms with Crippen LogP contribution in [0.1, 0.15) is 24.2 Å². The minimum atomic E-state index is -0.903. The van der Waals surface area contributed by atoms with Crippen molar-refractivity contribution in [1.29, 1.82) is 0 Å². The highest BCUT2D eigenvalue weighted by molar-refractivity contribution is 5.95. The molecular weight excluding hydrogens is 258 g/mol. The Morgan fingerprint density at radius 3 is 2.55 bits per heavy atom. The van der Waals surface area contributed by atoms with Crippen LogP contribution in [-0.2, 0) is 4.79 Å². The Morgan fingerprint density at radius 2 is 2.05 bits per heavy atom. The molecule has 20 heavy (non-hydrogen) atoms. The summed E-state index contributed by atoms with van der Waals surface area (Å²) in [6.07, 6.45) is 1.58. The second-order valence-electron chi connectivity index (χ2n) is 4.88. The smallest absolute Gasteiger partial charge is 0.308 e. The number of hydrogen-bond donors (Lipinski definition) is 1. The van der Waals surface area contributed by atoms with Crippen LogP contribution in [0.5, 0.6) is 0 Å². The van der Waals surface area contributed by atoms with Crippen molar-refractivity contribution in [3.63, 3.8) is 0 Å². The summed E-state index contributed by atoms with van der Waals surface area (Å²) in [7, 11) is 3.70. The van der Waals surface area contributed by atoms with Crippen molar-refractivity contribution in [3.05, 3.63) is 23.9 Å². The van der Waals surface area contributed by atoms with E-state index in [4.69, 9.17) is 5.11 Å². The third-order valence-corrected chi connectivity index (χ3v) is 3.04. The fourth-order valence-electron chi connectivity index (χ4n) is 1.74. The fourth-order valence-corrected chi connectivity index (χ4v) is 1.74. The van der Waals surface area contributed by atoms with Gasteiger partial charge in [0.1, 0.15) is 5.82 Å². The lowest BCUT2D eigenvalue weighted by atomic mass is 10.1. The largest absolute Gasteiger partial charge is 0.481 e. The van der Waals surface area contributed by atoms with Gasteiger partial charge in [0, 0.05) is 38.9 Å². The SMILES string of the molecule is CCN(CC(C)C(=O)O)C(=O)c1ccnc(N(C)C)c1. The number of nitrogens with zero attached hydrogens (tertiary/aromatic N) is 3. The summed E-state index contributed by atoms with van der Waals surface area (Å²) in [6, 6.07) is 3.35. The predicted molar refractivity (Wildman–Crippen MR) is 76.9 cm³/mol. The zero-order valence-electron chi connectivity index (χ0n) is 12.3. The second-order valence-corrected chi connectivity index (χ2v) is 4.88. The first-order valence-electron chi connectivity index (χ1n) is 6.52.